The van der Waals surface area contributed by atoms with Crippen LogP contribution in [-0.2, 0) is 11.3 Å². The van der Waals surface area contributed by atoms with E-state index in [0.29, 0.717) is 19.6 Å². The van der Waals surface area contributed by atoms with Crippen LogP contribution in [0.4, 0.5) is 0 Å². The van der Waals surface area contributed by atoms with Gasteiger partial charge in [-0.1, -0.05) is 24.3 Å². The molecule has 6 nitrogen and oxygen atoms in total. The van der Waals surface area contributed by atoms with E-state index >= 15 is 0 Å². The summed E-state index contributed by atoms with van der Waals surface area (Å²) in [6.07, 6.45) is 3.87. The summed E-state index contributed by atoms with van der Waals surface area (Å²) in [5.41, 5.74) is 2.08. The van der Waals surface area contributed by atoms with Gasteiger partial charge in [0, 0.05) is 37.1 Å². The van der Waals surface area contributed by atoms with Gasteiger partial charge in [-0.25, -0.2) is 4.99 Å². The first-order valence-corrected chi connectivity index (χ1v) is 8.90. The van der Waals surface area contributed by atoms with Gasteiger partial charge < -0.3 is 16.0 Å². The van der Waals surface area contributed by atoms with Gasteiger partial charge in [-0.2, -0.15) is 0 Å². The summed E-state index contributed by atoms with van der Waals surface area (Å²) in [6, 6.07) is 10.1. The lowest BCUT2D eigenvalue weighted by Crippen LogP contribution is -2.41. The zero-order chi connectivity index (χ0) is 17.5. The van der Waals surface area contributed by atoms with Gasteiger partial charge >= 0.3 is 0 Å². The minimum absolute atomic E-state index is 0. The summed E-state index contributed by atoms with van der Waals surface area (Å²) in [7, 11) is 0. The van der Waals surface area contributed by atoms with Crippen LogP contribution in [0.3, 0.4) is 0 Å². The number of rotatable bonds is 7. The molecule has 1 aliphatic rings. The summed E-state index contributed by atoms with van der Waals surface area (Å²) < 4.78 is 0. The van der Waals surface area contributed by atoms with Gasteiger partial charge in [-0.05, 0) is 31.4 Å². The Labute approximate surface area is 171 Å². The quantitative estimate of drug-likeness (QED) is 0.253. The van der Waals surface area contributed by atoms with E-state index in [1.807, 2.05) is 25.3 Å². The fraction of sp³-hybridized carbons (Fsp3) is 0.421. The molecule has 26 heavy (non-hydrogen) atoms. The topological polar surface area (TPSA) is 78.4 Å². The van der Waals surface area contributed by atoms with E-state index in [-0.39, 0.29) is 35.8 Å². The molecule has 0 spiro atoms. The highest BCUT2D eigenvalue weighted by Gasteiger charge is 2.28. The predicted octanol–water partition coefficient (Wildman–Crippen LogP) is 2.43. The molecule has 1 saturated carbocycles. The van der Waals surface area contributed by atoms with Crippen molar-refractivity contribution in [3.05, 3.63) is 42.1 Å². The van der Waals surface area contributed by atoms with Crippen molar-refractivity contribution in [1.29, 1.82) is 0 Å². The second-order valence-corrected chi connectivity index (χ2v) is 6.18. The number of amides is 1. The number of aromatic nitrogens is 1. The lowest BCUT2D eigenvalue weighted by atomic mass is 10.1. The fourth-order valence-corrected chi connectivity index (χ4v) is 2.66. The Kier molecular flexibility index (Phi) is 8.08. The molecule has 140 valence electrons. The average molecular weight is 467 g/mol. The number of hydrogen-bond donors (Lipinski definition) is 3. The van der Waals surface area contributed by atoms with Crippen LogP contribution in [0.1, 0.15) is 25.3 Å². The highest BCUT2D eigenvalue weighted by Crippen LogP contribution is 2.28. The van der Waals surface area contributed by atoms with Gasteiger partial charge in [0.15, 0.2) is 5.96 Å². The van der Waals surface area contributed by atoms with Crippen LogP contribution in [0, 0.1) is 5.92 Å². The molecular formula is C19H26IN5O. The smallest absolute Gasteiger partial charge is 0.223 e. The van der Waals surface area contributed by atoms with Crippen LogP contribution in [0.15, 0.2) is 41.5 Å². The van der Waals surface area contributed by atoms with Crippen LogP contribution in [0.25, 0.3) is 10.9 Å². The number of benzene rings is 1. The first-order valence-electron chi connectivity index (χ1n) is 8.90. The second kappa shape index (κ2) is 10.3. The Morgan fingerprint density at radius 2 is 1.92 bits per heavy atom. The zero-order valence-electron chi connectivity index (χ0n) is 15.0. The van der Waals surface area contributed by atoms with E-state index in [1.54, 1.807) is 0 Å². The van der Waals surface area contributed by atoms with Gasteiger partial charge in [-0.15, -0.1) is 24.0 Å². The molecule has 3 rings (SSSR count). The van der Waals surface area contributed by atoms with E-state index in [4.69, 9.17) is 0 Å². The summed E-state index contributed by atoms with van der Waals surface area (Å²) in [5.74, 6) is 1.17. The standard InChI is InChI=1S/C19H25N5O.HI/c1-2-20-19(23-12-11-22-18(25)15-8-9-15)24-13-16-6-3-5-14-7-4-10-21-17(14)16;/h3-7,10,15H,2,8-9,11-13H2,1H3,(H,22,25)(H2,20,23,24);1H. The van der Waals surface area contributed by atoms with Gasteiger partial charge in [0.2, 0.25) is 5.91 Å². The molecule has 1 aliphatic carbocycles. The molecule has 0 aliphatic heterocycles. The van der Waals surface area contributed by atoms with Crippen molar-refractivity contribution < 1.29 is 4.79 Å². The predicted molar refractivity (Wildman–Crippen MR) is 116 cm³/mol. The Morgan fingerprint density at radius 3 is 2.69 bits per heavy atom. The van der Waals surface area contributed by atoms with Crippen LogP contribution < -0.4 is 16.0 Å². The van der Waals surface area contributed by atoms with Crippen LogP contribution >= 0.6 is 24.0 Å². The van der Waals surface area contributed by atoms with E-state index < -0.39 is 0 Å². The number of fused-ring (bicyclic) bond motifs is 1. The molecule has 1 fully saturated rings. The molecule has 0 bridgehead atoms. The molecule has 0 unspecified atom stereocenters. The lowest BCUT2D eigenvalue weighted by Gasteiger charge is -2.12. The third-order valence-electron chi connectivity index (χ3n) is 4.13. The minimum Gasteiger partial charge on any atom is -0.357 e. The number of guanidine groups is 1. The number of nitrogens with one attached hydrogen (secondary N) is 3. The van der Waals surface area contributed by atoms with Crippen molar-refractivity contribution in [2.24, 2.45) is 10.9 Å². The van der Waals surface area contributed by atoms with Crippen molar-refractivity contribution in [3.8, 4) is 0 Å². The Bertz CT molecular complexity index is 755. The SMILES string of the molecule is CCNC(=NCc1cccc2cccnc12)NCCNC(=O)C1CC1.I. The molecule has 1 aromatic heterocycles. The number of halogens is 1. The summed E-state index contributed by atoms with van der Waals surface area (Å²) >= 11 is 0. The maximum atomic E-state index is 11.6. The Balaban J connectivity index is 0.00000243. The molecule has 0 atom stereocenters. The molecular weight excluding hydrogens is 441 g/mol. The number of pyridine rings is 1. The van der Waals surface area contributed by atoms with Crippen LogP contribution in [-0.4, -0.2) is 36.5 Å². The van der Waals surface area contributed by atoms with Gasteiger partial charge in [-0.3, -0.25) is 9.78 Å². The fourth-order valence-electron chi connectivity index (χ4n) is 2.66. The number of nitrogens with zero attached hydrogens (tertiary/aromatic N) is 2. The molecule has 1 amide bonds. The van der Waals surface area contributed by atoms with Crippen molar-refractivity contribution >= 4 is 46.7 Å². The van der Waals surface area contributed by atoms with Gasteiger partial charge in [0.25, 0.3) is 0 Å². The van der Waals surface area contributed by atoms with Gasteiger partial charge in [0.1, 0.15) is 0 Å². The van der Waals surface area contributed by atoms with E-state index in [9.17, 15) is 4.79 Å². The number of carbonyl (C=O) groups excluding carboxylic acids is 1. The van der Waals surface area contributed by atoms with Crippen molar-refractivity contribution in [1.82, 2.24) is 20.9 Å². The number of carbonyl (C=O) groups is 1. The molecule has 3 N–H and O–H groups in total. The Morgan fingerprint density at radius 1 is 1.15 bits per heavy atom. The third kappa shape index (κ3) is 5.82. The maximum Gasteiger partial charge on any atom is 0.223 e. The molecule has 2 aromatic rings. The van der Waals surface area contributed by atoms with Crippen LogP contribution in [0.5, 0.6) is 0 Å². The normalized spacial score (nSPS) is 13.8. The van der Waals surface area contributed by atoms with Crippen LogP contribution in [0.2, 0.25) is 0 Å². The summed E-state index contributed by atoms with van der Waals surface area (Å²) in [6.45, 7) is 4.63. The molecule has 0 saturated heterocycles. The molecule has 1 heterocycles. The van der Waals surface area contributed by atoms with Crippen molar-refractivity contribution in [2.45, 2.75) is 26.3 Å². The minimum atomic E-state index is 0. The van der Waals surface area contributed by atoms with E-state index in [0.717, 1.165) is 41.8 Å². The Hall–Kier alpha value is -1.90. The third-order valence-corrected chi connectivity index (χ3v) is 4.13. The highest BCUT2D eigenvalue weighted by atomic mass is 127. The van der Waals surface area contributed by atoms with Crippen molar-refractivity contribution in [3.63, 3.8) is 0 Å². The largest absolute Gasteiger partial charge is 0.357 e. The van der Waals surface area contributed by atoms with E-state index in [1.165, 1.54) is 0 Å². The van der Waals surface area contributed by atoms with Crippen molar-refractivity contribution in [2.75, 3.05) is 19.6 Å². The monoisotopic (exact) mass is 467 g/mol. The van der Waals surface area contributed by atoms with Gasteiger partial charge in [0.05, 0.1) is 12.1 Å². The summed E-state index contributed by atoms with van der Waals surface area (Å²) in [5, 5.41) is 10.6. The molecule has 7 heteroatoms. The maximum absolute atomic E-state index is 11.6. The highest BCUT2D eigenvalue weighted by molar-refractivity contribution is 14.0. The summed E-state index contributed by atoms with van der Waals surface area (Å²) in [4.78, 5) is 20.7. The molecule has 0 radical (unpaired) electrons. The first-order chi connectivity index (χ1) is 12.3. The lowest BCUT2D eigenvalue weighted by molar-refractivity contribution is -0.122. The first kappa shape index (κ1) is 20.4. The molecule has 1 aromatic carbocycles. The van der Waals surface area contributed by atoms with E-state index in [2.05, 4.69) is 44.1 Å². The number of para-hydroxylation sites is 1. The number of hydrogen-bond acceptors (Lipinski definition) is 3. The number of aliphatic imine (C=N–C) groups is 1. The average Bonchev–Trinajstić information content (AvgIpc) is 3.48. The zero-order valence-corrected chi connectivity index (χ0v) is 17.3. The second-order valence-electron chi connectivity index (χ2n) is 6.18.